The van der Waals surface area contributed by atoms with Crippen LogP contribution in [0.3, 0.4) is 0 Å². The molecular formula is C16H26ClN3O. The molecule has 0 aromatic heterocycles. The van der Waals surface area contributed by atoms with Crippen molar-refractivity contribution in [3.63, 3.8) is 0 Å². The first-order valence-electron chi connectivity index (χ1n) is 7.26. The van der Waals surface area contributed by atoms with Crippen molar-refractivity contribution in [1.82, 2.24) is 10.2 Å². The Morgan fingerprint density at radius 2 is 2.05 bits per heavy atom. The van der Waals surface area contributed by atoms with Gasteiger partial charge in [-0.25, -0.2) is 0 Å². The predicted molar refractivity (Wildman–Crippen MR) is 88.6 cm³/mol. The molecule has 1 atom stereocenters. The Morgan fingerprint density at radius 3 is 2.52 bits per heavy atom. The number of carbonyl (C=O) groups is 1. The highest BCUT2D eigenvalue weighted by atomic mass is 35.5. The minimum Gasteiger partial charge on any atom is -0.366 e. The van der Waals surface area contributed by atoms with Crippen LogP contribution in [0.5, 0.6) is 0 Å². The number of benzene rings is 1. The maximum Gasteiger partial charge on any atom is 0.248 e. The van der Waals surface area contributed by atoms with E-state index >= 15 is 0 Å². The van der Waals surface area contributed by atoms with E-state index < -0.39 is 5.91 Å². The van der Waals surface area contributed by atoms with E-state index in [-0.39, 0.29) is 0 Å². The molecule has 0 heterocycles. The molecule has 0 bridgehead atoms. The first kappa shape index (κ1) is 18.0. The molecule has 1 aromatic rings. The number of likely N-dealkylation sites (N-methyl/N-ethyl adjacent to an activating group) is 1. The van der Waals surface area contributed by atoms with Crippen LogP contribution in [0.4, 0.5) is 0 Å². The van der Waals surface area contributed by atoms with E-state index in [9.17, 15) is 4.79 Å². The van der Waals surface area contributed by atoms with Gasteiger partial charge < -0.3 is 16.0 Å². The van der Waals surface area contributed by atoms with Crippen LogP contribution in [0.2, 0.25) is 5.02 Å². The molecule has 0 spiro atoms. The summed E-state index contributed by atoms with van der Waals surface area (Å²) in [7, 11) is 4.15. The lowest BCUT2D eigenvalue weighted by molar-refractivity contribution is 0.100. The van der Waals surface area contributed by atoms with E-state index in [0.717, 1.165) is 18.5 Å². The van der Waals surface area contributed by atoms with Crippen LogP contribution >= 0.6 is 11.6 Å². The molecule has 0 saturated heterocycles. The standard InChI is InChI=1S/C16H26ClN3O/c1-11(2)7-14(10-20(3)4)19-9-13-6-5-12(16(18)21)8-15(13)17/h5-6,8,11,14,19H,7,9-10H2,1-4H3,(H2,18,21). The predicted octanol–water partition coefficient (Wildman–Crippen LogP) is 2.50. The van der Waals surface area contributed by atoms with Crippen LogP contribution in [0.25, 0.3) is 0 Å². The Kier molecular flexibility index (Phi) is 7.15. The quantitative estimate of drug-likeness (QED) is 0.775. The summed E-state index contributed by atoms with van der Waals surface area (Å²) in [5.41, 5.74) is 6.67. The molecule has 0 radical (unpaired) electrons. The maximum atomic E-state index is 11.1. The summed E-state index contributed by atoms with van der Waals surface area (Å²) in [6.45, 7) is 6.11. The number of hydrogen-bond donors (Lipinski definition) is 2. The number of carbonyl (C=O) groups excluding carboxylic acids is 1. The van der Waals surface area contributed by atoms with Crippen LogP contribution in [0.1, 0.15) is 36.2 Å². The van der Waals surface area contributed by atoms with Gasteiger partial charge in [0.1, 0.15) is 0 Å². The highest BCUT2D eigenvalue weighted by molar-refractivity contribution is 6.31. The topological polar surface area (TPSA) is 58.4 Å². The average Bonchev–Trinajstić information content (AvgIpc) is 2.35. The summed E-state index contributed by atoms with van der Waals surface area (Å²) in [5.74, 6) is 0.178. The third-order valence-corrected chi connectivity index (χ3v) is 3.61. The zero-order valence-corrected chi connectivity index (χ0v) is 14.1. The Morgan fingerprint density at radius 1 is 1.38 bits per heavy atom. The van der Waals surface area contributed by atoms with E-state index in [1.54, 1.807) is 12.1 Å². The van der Waals surface area contributed by atoms with Gasteiger partial charge in [-0.1, -0.05) is 31.5 Å². The van der Waals surface area contributed by atoms with Gasteiger partial charge in [-0.05, 0) is 44.1 Å². The zero-order chi connectivity index (χ0) is 16.0. The number of hydrogen-bond acceptors (Lipinski definition) is 3. The molecule has 0 aliphatic carbocycles. The summed E-state index contributed by atoms with van der Waals surface area (Å²) >= 11 is 6.21. The van der Waals surface area contributed by atoms with Gasteiger partial charge in [0.2, 0.25) is 5.91 Å². The number of nitrogens with one attached hydrogen (secondary N) is 1. The Balaban J connectivity index is 2.68. The van der Waals surface area contributed by atoms with Gasteiger partial charge in [-0.3, -0.25) is 4.79 Å². The molecule has 21 heavy (non-hydrogen) atoms. The van der Waals surface area contributed by atoms with Crippen LogP contribution in [0.15, 0.2) is 18.2 Å². The smallest absolute Gasteiger partial charge is 0.248 e. The highest BCUT2D eigenvalue weighted by Crippen LogP contribution is 2.18. The highest BCUT2D eigenvalue weighted by Gasteiger charge is 2.13. The summed E-state index contributed by atoms with van der Waals surface area (Å²) in [4.78, 5) is 13.3. The van der Waals surface area contributed by atoms with Gasteiger partial charge in [-0.15, -0.1) is 0 Å². The number of nitrogens with zero attached hydrogens (tertiary/aromatic N) is 1. The Bertz CT molecular complexity index is 465. The van der Waals surface area contributed by atoms with Crippen molar-refractivity contribution in [2.24, 2.45) is 11.7 Å². The van der Waals surface area contributed by atoms with E-state index in [1.165, 1.54) is 0 Å². The van der Waals surface area contributed by atoms with Crippen LogP contribution < -0.4 is 11.1 Å². The minimum absolute atomic E-state index is 0.409. The first-order valence-corrected chi connectivity index (χ1v) is 7.63. The lowest BCUT2D eigenvalue weighted by Crippen LogP contribution is -2.38. The van der Waals surface area contributed by atoms with Crippen molar-refractivity contribution in [2.75, 3.05) is 20.6 Å². The molecule has 1 rings (SSSR count). The van der Waals surface area contributed by atoms with Gasteiger partial charge in [0, 0.05) is 29.7 Å². The Labute approximate surface area is 132 Å². The monoisotopic (exact) mass is 311 g/mol. The first-order chi connectivity index (χ1) is 9.79. The maximum absolute atomic E-state index is 11.1. The fourth-order valence-corrected chi connectivity index (χ4v) is 2.58. The minimum atomic E-state index is -0.457. The molecule has 3 N–H and O–H groups in total. The lowest BCUT2D eigenvalue weighted by atomic mass is 10.0. The van der Waals surface area contributed by atoms with Gasteiger partial charge in [0.25, 0.3) is 0 Å². The molecular weight excluding hydrogens is 286 g/mol. The molecule has 5 heteroatoms. The Hall–Kier alpha value is -1.10. The van der Waals surface area contributed by atoms with Crippen molar-refractivity contribution >= 4 is 17.5 Å². The second kappa shape index (κ2) is 8.37. The van der Waals surface area contributed by atoms with Crippen molar-refractivity contribution < 1.29 is 4.79 Å². The number of rotatable bonds is 8. The number of nitrogens with two attached hydrogens (primary N) is 1. The van der Waals surface area contributed by atoms with Crippen molar-refractivity contribution in [3.05, 3.63) is 34.3 Å². The van der Waals surface area contributed by atoms with Crippen molar-refractivity contribution in [1.29, 1.82) is 0 Å². The van der Waals surface area contributed by atoms with Gasteiger partial charge >= 0.3 is 0 Å². The van der Waals surface area contributed by atoms with E-state index in [0.29, 0.717) is 29.1 Å². The third-order valence-electron chi connectivity index (χ3n) is 3.26. The summed E-state index contributed by atoms with van der Waals surface area (Å²) in [6.07, 6.45) is 1.11. The molecule has 1 unspecified atom stereocenters. The summed E-state index contributed by atoms with van der Waals surface area (Å²) < 4.78 is 0. The van der Waals surface area contributed by atoms with Crippen LogP contribution in [0, 0.1) is 5.92 Å². The van der Waals surface area contributed by atoms with Crippen LogP contribution in [-0.4, -0.2) is 37.5 Å². The zero-order valence-electron chi connectivity index (χ0n) is 13.3. The van der Waals surface area contributed by atoms with E-state index in [4.69, 9.17) is 17.3 Å². The molecule has 1 amide bonds. The fourth-order valence-electron chi connectivity index (χ4n) is 2.33. The van der Waals surface area contributed by atoms with E-state index in [2.05, 4.69) is 38.2 Å². The van der Waals surface area contributed by atoms with Gasteiger partial charge in [0.15, 0.2) is 0 Å². The lowest BCUT2D eigenvalue weighted by Gasteiger charge is -2.24. The normalized spacial score (nSPS) is 12.9. The third kappa shape index (κ3) is 6.46. The molecule has 118 valence electrons. The molecule has 0 saturated carbocycles. The van der Waals surface area contributed by atoms with E-state index in [1.807, 2.05) is 6.07 Å². The van der Waals surface area contributed by atoms with Crippen molar-refractivity contribution in [3.8, 4) is 0 Å². The molecule has 4 nitrogen and oxygen atoms in total. The average molecular weight is 312 g/mol. The second-order valence-corrected chi connectivity index (χ2v) is 6.55. The van der Waals surface area contributed by atoms with Crippen molar-refractivity contribution in [2.45, 2.75) is 32.9 Å². The largest absolute Gasteiger partial charge is 0.366 e. The molecule has 0 aliphatic rings. The number of amides is 1. The van der Waals surface area contributed by atoms with Crippen LogP contribution in [-0.2, 0) is 6.54 Å². The fraction of sp³-hybridized carbons (Fsp3) is 0.562. The number of primary amides is 1. The second-order valence-electron chi connectivity index (χ2n) is 6.14. The SMILES string of the molecule is CC(C)CC(CN(C)C)NCc1ccc(C(N)=O)cc1Cl. The van der Waals surface area contributed by atoms with Gasteiger partial charge in [-0.2, -0.15) is 0 Å². The summed E-state index contributed by atoms with van der Waals surface area (Å²) in [5, 5.41) is 4.12. The molecule has 1 aromatic carbocycles. The number of halogens is 1. The molecule has 0 fully saturated rings. The summed E-state index contributed by atoms with van der Waals surface area (Å²) in [6, 6.07) is 5.61. The molecule has 0 aliphatic heterocycles. The van der Waals surface area contributed by atoms with Gasteiger partial charge in [0.05, 0.1) is 0 Å².